The summed E-state index contributed by atoms with van der Waals surface area (Å²) in [6.07, 6.45) is -0.608. The Bertz CT molecular complexity index is 1230. The summed E-state index contributed by atoms with van der Waals surface area (Å²) in [5, 5.41) is 9.25. The molecular weight excluding hydrogens is 478 g/mol. The number of benzene rings is 3. The van der Waals surface area contributed by atoms with Crippen molar-refractivity contribution in [3.8, 4) is 5.75 Å². The molecule has 36 heavy (non-hydrogen) atoms. The molecule has 1 unspecified atom stereocenters. The highest BCUT2D eigenvalue weighted by Gasteiger charge is 2.26. The molecule has 4 rings (SSSR count). The molecule has 0 saturated carbocycles. The lowest BCUT2D eigenvalue weighted by Crippen LogP contribution is -2.38. The quantitative estimate of drug-likeness (QED) is 0.385. The molecule has 3 aromatic rings. The topological polar surface area (TPSA) is 93.1 Å². The van der Waals surface area contributed by atoms with Crippen LogP contribution >= 0.6 is 11.8 Å². The Kier molecular flexibility index (Phi) is 8.40. The fourth-order valence-electron chi connectivity index (χ4n) is 3.96. The number of carboxylic acids is 1. The molecule has 1 aliphatic rings. The summed E-state index contributed by atoms with van der Waals surface area (Å²) < 4.78 is 11.1. The second-order valence-electron chi connectivity index (χ2n) is 8.19. The third kappa shape index (κ3) is 6.13. The Labute approximate surface area is 214 Å². The number of carbonyl (C=O) groups excluding carboxylic acids is 2. The highest BCUT2D eigenvalue weighted by atomic mass is 32.2. The molecule has 0 aromatic heterocycles. The van der Waals surface area contributed by atoms with Gasteiger partial charge in [0.15, 0.2) is 11.9 Å². The van der Waals surface area contributed by atoms with Crippen molar-refractivity contribution in [3.63, 3.8) is 0 Å². The van der Waals surface area contributed by atoms with Gasteiger partial charge in [0.1, 0.15) is 12.4 Å². The lowest BCUT2D eigenvalue weighted by Gasteiger charge is -2.29. The van der Waals surface area contributed by atoms with Crippen LogP contribution in [0.4, 0.5) is 5.69 Å². The zero-order valence-electron chi connectivity index (χ0n) is 19.9. The maximum absolute atomic E-state index is 12.8. The summed E-state index contributed by atoms with van der Waals surface area (Å²) in [4.78, 5) is 39.3. The number of hydrogen-bond donors (Lipinski definition) is 1. The van der Waals surface area contributed by atoms with E-state index >= 15 is 0 Å². The van der Waals surface area contributed by atoms with Crippen molar-refractivity contribution in [2.45, 2.75) is 24.3 Å². The molecule has 1 amide bonds. The molecule has 1 heterocycles. The number of carbonyl (C=O) groups is 3. The fraction of sp³-hybridized carbons (Fsp3) is 0.250. The van der Waals surface area contributed by atoms with Gasteiger partial charge in [-0.05, 0) is 42.8 Å². The van der Waals surface area contributed by atoms with Crippen LogP contribution in [0.3, 0.4) is 0 Å². The van der Waals surface area contributed by atoms with Gasteiger partial charge in [-0.2, -0.15) is 0 Å². The minimum absolute atomic E-state index is 0.00998. The van der Waals surface area contributed by atoms with E-state index in [1.165, 1.54) is 11.8 Å². The first-order chi connectivity index (χ1) is 17.5. The SMILES string of the molecule is CCOC(Cc1ccc(OCCN2C(=O)CSc3cc(C(=O)c4ccccc4)ccc32)cc1)C(=O)O. The van der Waals surface area contributed by atoms with Crippen LogP contribution in [0.2, 0.25) is 0 Å². The van der Waals surface area contributed by atoms with Gasteiger partial charge >= 0.3 is 5.97 Å². The number of anilines is 1. The number of thioether (sulfide) groups is 1. The lowest BCUT2D eigenvalue weighted by atomic mass is 10.0. The minimum atomic E-state index is -0.988. The summed E-state index contributed by atoms with van der Waals surface area (Å²) in [6.45, 7) is 2.75. The third-order valence-electron chi connectivity index (χ3n) is 5.77. The normalized spacial score (nSPS) is 13.7. The monoisotopic (exact) mass is 505 g/mol. The first kappa shape index (κ1) is 25.5. The van der Waals surface area contributed by atoms with E-state index in [1.807, 2.05) is 42.5 Å². The number of aliphatic carboxylic acids is 1. The first-order valence-corrected chi connectivity index (χ1v) is 12.7. The maximum Gasteiger partial charge on any atom is 0.333 e. The van der Waals surface area contributed by atoms with Crippen molar-refractivity contribution in [2.24, 2.45) is 0 Å². The van der Waals surface area contributed by atoms with E-state index in [-0.39, 0.29) is 24.7 Å². The van der Waals surface area contributed by atoms with Crippen molar-refractivity contribution in [3.05, 3.63) is 89.5 Å². The molecule has 0 saturated heterocycles. The Morgan fingerprint density at radius 2 is 1.78 bits per heavy atom. The number of carboxylic acid groups (broad SMARTS) is 1. The molecule has 0 spiro atoms. The maximum atomic E-state index is 12.8. The van der Waals surface area contributed by atoms with Gasteiger partial charge in [-0.1, -0.05) is 42.5 Å². The highest BCUT2D eigenvalue weighted by Crippen LogP contribution is 2.36. The molecule has 186 valence electrons. The van der Waals surface area contributed by atoms with Gasteiger partial charge in [-0.3, -0.25) is 9.59 Å². The predicted octanol–water partition coefficient (Wildman–Crippen LogP) is 4.47. The summed E-state index contributed by atoms with van der Waals surface area (Å²) in [5.41, 5.74) is 2.83. The minimum Gasteiger partial charge on any atom is -0.492 e. The van der Waals surface area contributed by atoms with Crippen molar-refractivity contribution in [1.29, 1.82) is 0 Å². The van der Waals surface area contributed by atoms with Crippen molar-refractivity contribution in [1.82, 2.24) is 0 Å². The Morgan fingerprint density at radius 3 is 2.47 bits per heavy atom. The molecule has 0 aliphatic carbocycles. The van der Waals surface area contributed by atoms with E-state index < -0.39 is 12.1 Å². The van der Waals surface area contributed by atoms with Gasteiger partial charge in [0.05, 0.1) is 18.0 Å². The van der Waals surface area contributed by atoms with Crippen LogP contribution in [-0.2, 0) is 20.7 Å². The number of fused-ring (bicyclic) bond motifs is 1. The van der Waals surface area contributed by atoms with Crippen molar-refractivity contribution < 1.29 is 29.0 Å². The van der Waals surface area contributed by atoms with Gasteiger partial charge in [0.25, 0.3) is 0 Å². The molecular formula is C28H27NO6S. The molecule has 0 fully saturated rings. The van der Waals surface area contributed by atoms with Crippen LogP contribution in [0.25, 0.3) is 0 Å². The van der Waals surface area contributed by atoms with E-state index in [0.717, 1.165) is 16.1 Å². The number of ketones is 1. The number of ether oxygens (including phenoxy) is 2. The standard InChI is InChI=1S/C28H27NO6S/c1-2-34-24(28(32)33)16-19-8-11-22(12-9-19)35-15-14-29-23-13-10-21(17-25(23)36-18-26(29)30)27(31)20-6-4-3-5-7-20/h3-13,17,24H,2,14-16,18H2,1H3,(H,32,33). The van der Waals surface area contributed by atoms with Crippen molar-refractivity contribution >= 4 is 35.1 Å². The van der Waals surface area contributed by atoms with Gasteiger partial charge in [0.2, 0.25) is 5.91 Å². The van der Waals surface area contributed by atoms with Gasteiger partial charge in [-0.15, -0.1) is 11.8 Å². The van der Waals surface area contributed by atoms with Gasteiger partial charge in [0, 0.05) is 29.1 Å². The zero-order chi connectivity index (χ0) is 25.5. The average Bonchev–Trinajstić information content (AvgIpc) is 2.90. The second kappa shape index (κ2) is 11.9. The van der Waals surface area contributed by atoms with Crippen LogP contribution in [0.15, 0.2) is 77.7 Å². The average molecular weight is 506 g/mol. The number of hydrogen-bond acceptors (Lipinski definition) is 6. The molecule has 0 radical (unpaired) electrons. The largest absolute Gasteiger partial charge is 0.492 e. The number of amides is 1. The molecule has 0 bridgehead atoms. The first-order valence-electron chi connectivity index (χ1n) is 11.7. The third-order valence-corrected chi connectivity index (χ3v) is 6.80. The second-order valence-corrected chi connectivity index (χ2v) is 9.21. The number of nitrogens with zero attached hydrogens (tertiary/aromatic N) is 1. The molecule has 7 nitrogen and oxygen atoms in total. The number of rotatable bonds is 11. The highest BCUT2D eigenvalue weighted by molar-refractivity contribution is 8.00. The van der Waals surface area contributed by atoms with Crippen LogP contribution in [0.1, 0.15) is 28.4 Å². The Morgan fingerprint density at radius 1 is 1.03 bits per heavy atom. The Hall–Kier alpha value is -3.62. The fourth-order valence-corrected chi connectivity index (χ4v) is 4.93. The smallest absolute Gasteiger partial charge is 0.333 e. The molecule has 1 atom stereocenters. The Balaban J connectivity index is 1.37. The van der Waals surface area contributed by atoms with E-state index in [9.17, 15) is 19.5 Å². The van der Waals surface area contributed by atoms with E-state index in [1.54, 1.807) is 42.2 Å². The summed E-state index contributed by atoms with van der Waals surface area (Å²) in [7, 11) is 0. The van der Waals surface area contributed by atoms with E-state index in [2.05, 4.69) is 0 Å². The zero-order valence-corrected chi connectivity index (χ0v) is 20.7. The molecule has 3 aromatic carbocycles. The summed E-state index contributed by atoms with van der Waals surface area (Å²) in [6, 6.07) is 21.7. The van der Waals surface area contributed by atoms with Gasteiger partial charge in [-0.25, -0.2) is 4.79 Å². The lowest BCUT2D eigenvalue weighted by molar-refractivity contribution is -0.149. The van der Waals surface area contributed by atoms with Gasteiger partial charge < -0.3 is 19.5 Å². The van der Waals surface area contributed by atoms with Crippen molar-refractivity contribution in [2.75, 3.05) is 30.4 Å². The van der Waals surface area contributed by atoms with E-state index in [4.69, 9.17) is 9.47 Å². The molecule has 1 N–H and O–H groups in total. The van der Waals surface area contributed by atoms with E-state index in [0.29, 0.717) is 35.8 Å². The van der Waals surface area contributed by atoms with Crippen LogP contribution in [0, 0.1) is 0 Å². The predicted molar refractivity (Wildman–Crippen MR) is 138 cm³/mol. The summed E-state index contributed by atoms with van der Waals surface area (Å²) >= 11 is 1.43. The summed E-state index contributed by atoms with van der Waals surface area (Å²) in [5.74, 6) is -0.118. The molecule has 1 aliphatic heterocycles. The molecule has 8 heteroatoms. The van der Waals surface area contributed by atoms with Crippen LogP contribution < -0.4 is 9.64 Å². The van der Waals surface area contributed by atoms with Crippen LogP contribution in [-0.4, -0.2) is 54.4 Å². The van der Waals surface area contributed by atoms with Crippen LogP contribution in [0.5, 0.6) is 5.75 Å².